The van der Waals surface area contributed by atoms with Gasteiger partial charge in [-0.3, -0.25) is 0 Å². The Balaban J connectivity index is 1.48. The molecule has 1 aromatic heterocycles. The first-order valence-corrected chi connectivity index (χ1v) is 9.58. The van der Waals surface area contributed by atoms with Gasteiger partial charge in [0.2, 0.25) is 5.95 Å². The predicted octanol–water partition coefficient (Wildman–Crippen LogP) is 3.57. The summed E-state index contributed by atoms with van der Waals surface area (Å²) in [6, 6.07) is 12.9. The molecule has 0 spiro atoms. The van der Waals surface area contributed by atoms with Crippen molar-refractivity contribution in [1.29, 1.82) is 0 Å². The molecule has 156 valence electrons. The molecule has 9 heteroatoms. The quantitative estimate of drug-likeness (QED) is 0.383. The normalized spacial score (nSPS) is 12.6. The largest absolute Gasteiger partial charge is 0.492 e. The second-order valence-electron chi connectivity index (χ2n) is 6.60. The van der Waals surface area contributed by atoms with Crippen LogP contribution < -0.4 is 25.6 Å². The Morgan fingerprint density at radius 2 is 2.03 bits per heavy atom. The molecule has 2 aromatic carbocycles. The van der Waals surface area contributed by atoms with Crippen molar-refractivity contribution in [2.24, 2.45) is 0 Å². The Morgan fingerprint density at radius 3 is 2.93 bits per heavy atom. The van der Waals surface area contributed by atoms with Gasteiger partial charge in [-0.15, -0.1) is 0 Å². The van der Waals surface area contributed by atoms with Gasteiger partial charge in [-0.05, 0) is 25.2 Å². The van der Waals surface area contributed by atoms with E-state index in [0.717, 1.165) is 30.4 Å². The van der Waals surface area contributed by atoms with E-state index in [-0.39, 0.29) is 11.8 Å². The minimum absolute atomic E-state index is 0.0469. The minimum Gasteiger partial charge on any atom is -0.492 e. The second-order valence-corrected chi connectivity index (χ2v) is 6.60. The van der Waals surface area contributed by atoms with Gasteiger partial charge in [-0.2, -0.15) is 9.87 Å². The Morgan fingerprint density at radius 1 is 1.13 bits per heavy atom. The highest BCUT2D eigenvalue weighted by molar-refractivity contribution is 5.62. The van der Waals surface area contributed by atoms with E-state index < -0.39 is 5.82 Å². The van der Waals surface area contributed by atoms with Crippen molar-refractivity contribution in [1.82, 2.24) is 15.3 Å². The monoisotopic (exact) mass is 411 g/mol. The molecule has 0 bridgehead atoms. The number of rotatable bonds is 8. The molecule has 0 radical (unpaired) electrons. The van der Waals surface area contributed by atoms with Crippen molar-refractivity contribution in [3.63, 3.8) is 0 Å². The molecule has 4 rings (SSSR count). The van der Waals surface area contributed by atoms with Crippen LogP contribution in [-0.2, 0) is 11.3 Å². The number of benzene rings is 2. The van der Waals surface area contributed by atoms with E-state index in [9.17, 15) is 4.39 Å². The van der Waals surface area contributed by atoms with Crippen molar-refractivity contribution in [3.8, 4) is 11.5 Å². The zero-order valence-corrected chi connectivity index (χ0v) is 16.4. The Labute approximate surface area is 173 Å². The van der Waals surface area contributed by atoms with Crippen molar-refractivity contribution in [2.45, 2.75) is 6.42 Å². The van der Waals surface area contributed by atoms with Crippen LogP contribution in [0.15, 0.2) is 48.7 Å². The second kappa shape index (κ2) is 9.38. The molecule has 1 aliphatic rings. The van der Waals surface area contributed by atoms with Crippen LogP contribution in [0.25, 0.3) is 0 Å². The lowest BCUT2D eigenvalue weighted by Crippen LogP contribution is -2.15. The van der Waals surface area contributed by atoms with E-state index in [1.165, 1.54) is 0 Å². The number of hydrogen-bond donors (Lipinski definition) is 3. The summed E-state index contributed by atoms with van der Waals surface area (Å²) in [5.41, 5.74) is 2.39. The van der Waals surface area contributed by atoms with Crippen LogP contribution in [0, 0.1) is 5.82 Å². The summed E-state index contributed by atoms with van der Waals surface area (Å²) in [7, 11) is 1.86. The summed E-state index contributed by atoms with van der Waals surface area (Å²) in [4.78, 5) is 18.5. The van der Waals surface area contributed by atoms with Gasteiger partial charge < -0.3 is 25.6 Å². The maximum absolute atomic E-state index is 14.3. The van der Waals surface area contributed by atoms with Crippen LogP contribution in [0.3, 0.4) is 0 Å². The topological polar surface area (TPSA) is 89.6 Å². The smallest absolute Gasteiger partial charge is 0.229 e. The first-order valence-electron chi connectivity index (χ1n) is 9.58. The summed E-state index contributed by atoms with van der Waals surface area (Å²) in [6.45, 7) is 1.81. The lowest BCUT2D eigenvalue weighted by molar-refractivity contribution is -0.215. The maximum Gasteiger partial charge on any atom is 0.229 e. The van der Waals surface area contributed by atoms with Crippen molar-refractivity contribution < 1.29 is 18.9 Å². The van der Waals surface area contributed by atoms with Gasteiger partial charge in [0.05, 0.1) is 12.8 Å². The third kappa shape index (κ3) is 4.94. The number of likely N-dealkylation sites (N-methyl/N-ethyl adjacent to an activating group) is 1. The van der Waals surface area contributed by atoms with Crippen molar-refractivity contribution in [3.05, 3.63) is 60.0 Å². The molecule has 0 saturated carbocycles. The zero-order valence-electron chi connectivity index (χ0n) is 16.4. The van der Waals surface area contributed by atoms with Gasteiger partial charge in [0.15, 0.2) is 17.4 Å². The minimum atomic E-state index is -0.570. The first-order chi connectivity index (χ1) is 14.7. The highest BCUT2D eigenvalue weighted by atomic mass is 19.1. The lowest BCUT2D eigenvalue weighted by atomic mass is 10.1. The molecule has 1 aliphatic heterocycles. The zero-order chi connectivity index (χ0) is 20.8. The number of nitrogens with one attached hydrogen (secondary N) is 3. The molecule has 0 aliphatic carbocycles. The van der Waals surface area contributed by atoms with Crippen LogP contribution in [-0.4, -0.2) is 36.8 Å². The summed E-state index contributed by atoms with van der Waals surface area (Å²) >= 11 is 0. The van der Waals surface area contributed by atoms with E-state index in [0.29, 0.717) is 30.4 Å². The molecule has 0 amide bonds. The Hall–Kier alpha value is -3.43. The van der Waals surface area contributed by atoms with Gasteiger partial charge in [0, 0.05) is 42.0 Å². The number of nitrogens with zero attached hydrogens (tertiary/aromatic N) is 2. The molecule has 3 N–H and O–H groups in total. The molecule has 0 unspecified atom stereocenters. The van der Waals surface area contributed by atoms with Crippen molar-refractivity contribution in [2.75, 3.05) is 37.4 Å². The number of fused-ring (bicyclic) bond motifs is 1. The lowest BCUT2D eigenvalue weighted by Gasteiger charge is -2.17. The van der Waals surface area contributed by atoms with E-state index >= 15 is 0 Å². The van der Waals surface area contributed by atoms with Gasteiger partial charge >= 0.3 is 0 Å². The molecule has 0 saturated heterocycles. The SMILES string of the molecule is CNCCOc1cccc(Nc2ncc(F)c(Nc3ccc4c(c3)OOCC4)n2)c1. The van der Waals surface area contributed by atoms with Crippen LogP contribution in [0.1, 0.15) is 5.56 Å². The summed E-state index contributed by atoms with van der Waals surface area (Å²) < 4.78 is 19.9. The molecule has 0 fully saturated rings. The van der Waals surface area contributed by atoms with Crippen LogP contribution in [0.2, 0.25) is 0 Å². The molecule has 3 aromatic rings. The van der Waals surface area contributed by atoms with E-state index in [1.54, 1.807) is 6.07 Å². The molecule has 2 heterocycles. The number of halogens is 1. The van der Waals surface area contributed by atoms with E-state index in [2.05, 4.69) is 25.9 Å². The summed E-state index contributed by atoms with van der Waals surface area (Å²) in [6.07, 6.45) is 1.88. The number of aromatic nitrogens is 2. The fraction of sp³-hybridized carbons (Fsp3) is 0.238. The molecular weight excluding hydrogens is 389 g/mol. The van der Waals surface area contributed by atoms with Gasteiger partial charge in [-0.25, -0.2) is 9.37 Å². The third-order valence-corrected chi connectivity index (χ3v) is 4.39. The van der Waals surface area contributed by atoms with Gasteiger partial charge in [0.25, 0.3) is 0 Å². The number of anilines is 4. The highest BCUT2D eigenvalue weighted by Gasteiger charge is 2.14. The fourth-order valence-electron chi connectivity index (χ4n) is 2.89. The van der Waals surface area contributed by atoms with Crippen LogP contribution in [0.4, 0.5) is 27.5 Å². The maximum atomic E-state index is 14.3. The van der Waals surface area contributed by atoms with E-state index in [1.807, 2.05) is 43.4 Å². The molecule has 8 nitrogen and oxygen atoms in total. The van der Waals surface area contributed by atoms with Gasteiger partial charge in [-0.1, -0.05) is 12.1 Å². The summed E-state index contributed by atoms with van der Waals surface area (Å²) in [5, 5.41) is 9.05. The van der Waals surface area contributed by atoms with Gasteiger partial charge in [0.1, 0.15) is 12.4 Å². The average molecular weight is 411 g/mol. The Kier molecular flexibility index (Phi) is 6.21. The number of hydrogen-bond acceptors (Lipinski definition) is 8. The van der Waals surface area contributed by atoms with Crippen molar-refractivity contribution >= 4 is 23.1 Å². The number of ether oxygens (including phenoxy) is 1. The Bertz CT molecular complexity index is 1020. The van der Waals surface area contributed by atoms with E-state index in [4.69, 9.17) is 14.5 Å². The van der Waals surface area contributed by atoms with Crippen LogP contribution in [0.5, 0.6) is 11.5 Å². The first kappa shape index (κ1) is 19.9. The molecular formula is C21H22FN5O3. The predicted molar refractivity (Wildman–Crippen MR) is 111 cm³/mol. The standard InChI is InChI=1S/C21H22FN5O3/c1-23-8-10-28-17-4-2-3-15(11-17)26-21-24-13-18(22)20(27-21)25-16-6-5-14-7-9-29-30-19(14)12-16/h2-6,11-13,23H,7-10H2,1H3,(H2,24,25,26,27). The highest BCUT2D eigenvalue weighted by Crippen LogP contribution is 2.29. The average Bonchev–Trinajstić information content (AvgIpc) is 2.76. The molecule has 0 atom stereocenters. The fourth-order valence-corrected chi connectivity index (χ4v) is 2.89. The van der Waals surface area contributed by atoms with Crippen LogP contribution >= 0.6 is 0 Å². The summed E-state index contributed by atoms with van der Waals surface area (Å²) in [5.74, 6) is 1.05. The third-order valence-electron chi connectivity index (χ3n) is 4.39. The molecule has 30 heavy (non-hydrogen) atoms.